The highest BCUT2D eigenvalue weighted by atomic mass is 15.1. The Morgan fingerprint density at radius 2 is 1.80 bits per heavy atom. The molecule has 108 valence electrons. The van der Waals surface area contributed by atoms with Gasteiger partial charge in [0.05, 0.1) is 5.69 Å². The largest absolute Gasteiger partial charge is 0.311 e. The SMILES string of the molecule is CC(C)(C)NCCNCc1ccc(-c2ccn[nH]2)cc1. The fourth-order valence-electron chi connectivity index (χ4n) is 1.98. The molecule has 1 aromatic heterocycles. The second-order valence-corrected chi connectivity index (χ2v) is 6.02. The van der Waals surface area contributed by atoms with Crippen molar-refractivity contribution in [3.8, 4) is 11.3 Å². The molecule has 0 amide bonds. The van der Waals surface area contributed by atoms with Crippen LogP contribution in [0, 0.1) is 0 Å². The number of benzene rings is 1. The lowest BCUT2D eigenvalue weighted by atomic mass is 10.1. The van der Waals surface area contributed by atoms with Gasteiger partial charge < -0.3 is 10.6 Å². The molecule has 0 spiro atoms. The summed E-state index contributed by atoms with van der Waals surface area (Å²) in [5.41, 5.74) is 3.71. The van der Waals surface area contributed by atoms with E-state index in [1.807, 2.05) is 6.07 Å². The van der Waals surface area contributed by atoms with Crippen LogP contribution in [0.5, 0.6) is 0 Å². The lowest BCUT2D eigenvalue weighted by Gasteiger charge is -2.20. The van der Waals surface area contributed by atoms with E-state index >= 15 is 0 Å². The van der Waals surface area contributed by atoms with Crippen LogP contribution in [-0.4, -0.2) is 28.8 Å². The maximum atomic E-state index is 3.97. The quantitative estimate of drug-likeness (QED) is 0.708. The van der Waals surface area contributed by atoms with Gasteiger partial charge in [0.2, 0.25) is 0 Å². The van der Waals surface area contributed by atoms with Gasteiger partial charge in [-0.3, -0.25) is 5.10 Å². The van der Waals surface area contributed by atoms with Crippen molar-refractivity contribution in [2.24, 2.45) is 0 Å². The second kappa shape index (κ2) is 6.68. The van der Waals surface area contributed by atoms with Crippen molar-refractivity contribution >= 4 is 0 Å². The number of nitrogens with one attached hydrogen (secondary N) is 3. The highest BCUT2D eigenvalue weighted by molar-refractivity contribution is 5.58. The molecule has 0 atom stereocenters. The third kappa shape index (κ3) is 4.79. The third-order valence-corrected chi connectivity index (χ3v) is 3.05. The van der Waals surface area contributed by atoms with Gasteiger partial charge in [0.15, 0.2) is 0 Å². The van der Waals surface area contributed by atoms with Crippen LogP contribution in [0.4, 0.5) is 0 Å². The summed E-state index contributed by atoms with van der Waals surface area (Å²) >= 11 is 0. The van der Waals surface area contributed by atoms with Crippen molar-refractivity contribution in [3.05, 3.63) is 42.1 Å². The van der Waals surface area contributed by atoms with E-state index in [0.717, 1.165) is 25.3 Å². The van der Waals surface area contributed by atoms with E-state index in [0.29, 0.717) is 0 Å². The molecule has 2 aromatic rings. The van der Waals surface area contributed by atoms with E-state index in [2.05, 4.69) is 65.9 Å². The van der Waals surface area contributed by atoms with Crippen molar-refractivity contribution in [1.82, 2.24) is 20.8 Å². The first kappa shape index (κ1) is 14.8. The Morgan fingerprint density at radius 3 is 2.40 bits per heavy atom. The first-order chi connectivity index (χ1) is 9.54. The summed E-state index contributed by atoms with van der Waals surface area (Å²) in [6.45, 7) is 9.40. The molecule has 0 saturated heterocycles. The summed E-state index contributed by atoms with van der Waals surface area (Å²) in [5.74, 6) is 0. The maximum Gasteiger partial charge on any atom is 0.0650 e. The fraction of sp³-hybridized carbons (Fsp3) is 0.438. The van der Waals surface area contributed by atoms with Crippen LogP contribution in [-0.2, 0) is 6.54 Å². The Balaban J connectivity index is 1.74. The van der Waals surface area contributed by atoms with Crippen LogP contribution in [0.1, 0.15) is 26.3 Å². The highest BCUT2D eigenvalue weighted by Gasteiger charge is 2.06. The van der Waals surface area contributed by atoms with Crippen LogP contribution in [0.25, 0.3) is 11.3 Å². The maximum absolute atomic E-state index is 3.97. The Bertz CT molecular complexity index is 494. The van der Waals surface area contributed by atoms with Gasteiger partial charge in [-0.2, -0.15) is 5.10 Å². The monoisotopic (exact) mass is 272 g/mol. The van der Waals surface area contributed by atoms with Crippen LogP contribution < -0.4 is 10.6 Å². The number of aromatic amines is 1. The third-order valence-electron chi connectivity index (χ3n) is 3.05. The van der Waals surface area contributed by atoms with Gasteiger partial charge in [-0.05, 0) is 38.0 Å². The summed E-state index contributed by atoms with van der Waals surface area (Å²) in [7, 11) is 0. The molecule has 3 N–H and O–H groups in total. The zero-order chi connectivity index (χ0) is 14.4. The fourth-order valence-corrected chi connectivity index (χ4v) is 1.98. The molecule has 0 aliphatic heterocycles. The summed E-state index contributed by atoms with van der Waals surface area (Å²) in [6, 6.07) is 10.5. The lowest BCUT2D eigenvalue weighted by Crippen LogP contribution is -2.40. The second-order valence-electron chi connectivity index (χ2n) is 6.02. The summed E-state index contributed by atoms with van der Waals surface area (Å²) in [4.78, 5) is 0. The van der Waals surface area contributed by atoms with Gasteiger partial charge in [0, 0.05) is 31.4 Å². The Kier molecular flexibility index (Phi) is 4.93. The molecule has 2 rings (SSSR count). The number of aromatic nitrogens is 2. The molecule has 0 saturated carbocycles. The van der Waals surface area contributed by atoms with Gasteiger partial charge >= 0.3 is 0 Å². The minimum Gasteiger partial charge on any atom is -0.311 e. The van der Waals surface area contributed by atoms with Crippen molar-refractivity contribution in [1.29, 1.82) is 0 Å². The van der Waals surface area contributed by atoms with Gasteiger partial charge in [-0.25, -0.2) is 0 Å². The molecule has 1 aromatic carbocycles. The first-order valence-corrected chi connectivity index (χ1v) is 7.09. The molecule has 0 aliphatic carbocycles. The van der Waals surface area contributed by atoms with E-state index in [4.69, 9.17) is 0 Å². The van der Waals surface area contributed by atoms with Crippen LogP contribution >= 0.6 is 0 Å². The van der Waals surface area contributed by atoms with Crippen molar-refractivity contribution in [2.75, 3.05) is 13.1 Å². The molecular weight excluding hydrogens is 248 g/mol. The zero-order valence-corrected chi connectivity index (χ0v) is 12.5. The van der Waals surface area contributed by atoms with Crippen LogP contribution in [0.2, 0.25) is 0 Å². The molecule has 0 bridgehead atoms. The molecule has 0 unspecified atom stereocenters. The number of nitrogens with zero attached hydrogens (tertiary/aromatic N) is 1. The van der Waals surface area contributed by atoms with E-state index in [1.165, 1.54) is 11.1 Å². The van der Waals surface area contributed by atoms with Gasteiger partial charge in [0.25, 0.3) is 0 Å². The molecule has 0 fully saturated rings. The summed E-state index contributed by atoms with van der Waals surface area (Å²) in [5, 5.41) is 13.8. The zero-order valence-electron chi connectivity index (χ0n) is 12.5. The molecular formula is C16H24N4. The Hall–Kier alpha value is -1.65. The average molecular weight is 272 g/mol. The molecule has 4 heteroatoms. The van der Waals surface area contributed by atoms with Gasteiger partial charge in [-0.15, -0.1) is 0 Å². The van der Waals surface area contributed by atoms with Gasteiger partial charge in [-0.1, -0.05) is 24.3 Å². The Labute approximate surface area is 121 Å². The summed E-state index contributed by atoms with van der Waals surface area (Å²) in [6.07, 6.45) is 1.77. The molecule has 0 aliphatic rings. The molecule has 1 heterocycles. The minimum atomic E-state index is 0.188. The highest BCUT2D eigenvalue weighted by Crippen LogP contribution is 2.16. The molecule has 0 radical (unpaired) electrons. The summed E-state index contributed by atoms with van der Waals surface area (Å²) < 4.78 is 0. The van der Waals surface area contributed by atoms with E-state index in [1.54, 1.807) is 6.20 Å². The standard InChI is InChI=1S/C16H24N4/c1-16(2,3)18-11-10-17-12-13-4-6-14(7-5-13)15-8-9-19-20-15/h4-9,17-18H,10-12H2,1-3H3,(H,19,20). The first-order valence-electron chi connectivity index (χ1n) is 7.09. The lowest BCUT2D eigenvalue weighted by molar-refractivity contribution is 0.421. The predicted molar refractivity (Wildman–Crippen MR) is 83.5 cm³/mol. The average Bonchev–Trinajstić information content (AvgIpc) is 2.92. The number of hydrogen-bond acceptors (Lipinski definition) is 3. The molecule has 4 nitrogen and oxygen atoms in total. The van der Waals surface area contributed by atoms with E-state index in [-0.39, 0.29) is 5.54 Å². The smallest absolute Gasteiger partial charge is 0.0650 e. The van der Waals surface area contributed by atoms with Crippen molar-refractivity contribution < 1.29 is 0 Å². The van der Waals surface area contributed by atoms with E-state index < -0.39 is 0 Å². The normalized spacial score (nSPS) is 11.8. The minimum absolute atomic E-state index is 0.188. The van der Waals surface area contributed by atoms with E-state index in [9.17, 15) is 0 Å². The number of hydrogen-bond donors (Lipinski definition) is 3. The number of H-pyrrole nitrogens is 1. The van der Waals surface area contributed by atoms with Crippen LogP contribution in [0.3, 0.4) is 0 Å². The van der Waals surface area contributed by atoms with Crippen molar-refractivity contribution in [3.63, 3.8) is 0 Å². The number of rotatable bonds is 6. The van der Waals surface area contributed by atoms with Crippen molar-refractivity contribution in [2.45, 2.75) is 32.9 Å². The Morgan fingerprint density at radius 1 is 1.05 bits per heavy atom. The van der Waals surface area contributed by atoms with Crippen LogP contribution in [0.15, 0.2) is 36.5 Å². The van der Waals surface area contributed by atoms with Gasteiger partial charge in [0.1, 0.15) is 0 Å². The topological polar surface area (TPSA) is 52.7 Å². The molecule has 20 heavy (non-hydrogen) atoms. The predicted octanol–water partition coefficient (Wildman–Crippen LogP) is 2.55.